The molecule has 0 aliphatic rings. The summed E-state index contributed by atoms with van der Waals surface area (Å²) in [4.78, 5) is 15.6. The van der Waals surface area contributed by atoms with Gasteiger partial charge in [0.25, 0.3) is 5.91 Å². The third-order valence-electron chi connectivity index (χ3n) is 2.58. The average Bonchev–Trinajstić information content (AvgIpc) is 2.47. The van der Waals surface area contributed by atoms with Crippen LogP contribution in [0.25, 0.3) is 0 Å². The zero-order valence-corrected chi connectivity index (χ0v) is 13.0. The minimum atomic E-state index is -0.322. The molecular weight excluding hydrogens is 334 g/mol. The van der Waals surface area contributed by atoms with Crippen LogP contribution in [-0.4, -0.2) is 23.7 Å². The Kier molecular flexibility index (Phi) is 5.45. The van der Waals surface area contributed by atoms with Crippen molar-refractivity contribution in [3.8, 4) is 5.75 Å². The van der Waals surface area contributed by atoms with Crippen molar-refractivity contribution in [1.82, 2.24) is 10.4 Å². The Morgan fingerprint density at radius 1 is 1.48 bits per heavy atom. The summed E-state index contributed by atoms with van der Waals surface area (Å²) in [6, 6.07) is 9.23. The largest absolute Gasteiger partial charge is 0.483 e. The van der Waals surface area contributed by atoms with Gasteiger partial charge in [0.1, 0.15) is 5.75 Å². The zero-order chi connectivity index (χ0) is 15.1. The van der Waals surface area contributed by atoms with Crippen molar-refractivity contribution in [3.63, 3.8) is 0 Å². The molecule has 1 amide bonds. The molecule has 0 bridgehead atoms. The molecule has 0 aliphatic heterocycles. The second-order valence-electron chi connectivity index (χ2n) is 4.28. The van der Waals surface area contributed by atoms with Crippen molar-refractivity contribution in [1.29, 1.82) is 0 Å². The molecule has 2 aromatic rings. The Bertz CT molecular complexity index is 645. The van der Waals surface area contributed by atoms with Gasteiger partial charge >= 0.3 is 0 Å². The first-order valence-corrected chi connectivity index (χ1v) is 7.05. The number of pyridine rings is 1. The highest BCUT2D eigenvalue weighted by Gasteiger charge is 2.04. The van der Waals surface area contributed by atoms with E-state index in [1.54, 1.807) is 18.5 Å². The van der Waals surface area contributed by atoms with Gasteiger partial charge in [0.2, 0.25) is 0 Å². The van der Waals surface area contributed by atoms with Gasteiger partial charge in [-0.05, 0) is 36.8 Å². The van der Waals surface area contributed by atoms with E-state index in [-0.39, 0.29) is 12.5 Å². The molecule has 1 aromatic heterocycles. The lowest BCUT2D eigenvalue weighted by Crippen LogP contribution is -2.24. The molecule has 21 heavy (non-hydrogen) atoms. The fourth-order valence-corrected chi connectivity index (χ4v) is 2.06. The van der Waals surface area contributed by atoms with E-state index in [0.717, 1.165) is 15.6 Å². The summed E-state index contributed by atoms with van der Waals surface area (Å²) < 4.78 is 6.41. The molecule has 5 nitrogen and oxygen atoms in total. The summed E-state index contributed by atoms with van der Waals surface area (Å²) in [5.74, 6) is 0.349. The predicted octanol–water partition coefficient (Wildman–Crippen LogP) is 2.68. The maximum atomic E-state index is 11.6. The van der Waals surface area contributed by atoms with Crippen LogP contribution in [0.15, 0.2) is 52.3 Å². The van der Waals surface area contributed by atoms with Crippen molar-refractivity contribution < 1.29 is 9.53 Å². The Morgan fingerprint density at radius 3 is 3.05 bits per heavy atom. The van der Waals surface area contributed by atoms with Crippen LogP contribution >= 0.6 is 15.9 Å². The van der Waals surface area contributed by atoms with Gasteiger partial charge in [-0.1, -0.05) is 22.0 Å². The number of hydrogen-bond acceptors (Lipinski definition) is 4. The molecule has 0 aliphatic carbocycles. The highest BCUT2D eigenvalue weighted by Crippen LogP contribution is 2.21. The number of benzene rings is 1. The molecule has 0 saturated heterocycles. The first-order chi connectivity index (χ1) is 10.1. The predicted molar refractivity (Wildman–Crippen MR) is 84.3 cm³/mol. The van der Waals surface area contributed by atoms with Crippen LogP contribution in [0.4, 0.5) is 0 Å². The van der Waals surface area contributed by atoms with Crippen LogP contribution < -0.4 is 10.2 Å². The minimum absolute atomic E-state index is 0.0904. The van der Waals surface area contributed by atoms with Crippen molar-refractivity contribution in [3.05, 3.63) is 58.3 Å². The molecule has 108 valence electrons. The third kappa shape index (κ3) is 5.00. The number of hydrogen-bond donors (Lipinski definition) is 1. The van der Waals surface area contributed by atoms with E-state index < -0.39 is 0 Å². The summed E-state index contributed by atoms with van der Waals surface area (Å²) in [5.41, 5.74) is 4.16. The quantitative estimate of drug-likeness (QED) is 0.668. The Labute approximate surface area is 131 Å². The van der Waals surface area contributed by atoms with Gasteiger partial charge < -0.3 is 4.74 Å². The van der Waals surface area contributed by atoms with E-state index >= 15 is 0 Å². The number of amides is 1. The molecule has 0 radical (unpaired) electrons. The maximum absolute atomic E-state index is 11.6. The van der Waals surface area contributed by atoms with Crippen molar-refractivity contribution in [2.45, 2.75) is 6.92 Å². The molecule has 0 atom stereocenters. The van der Waals surface area contributed by atoms with Gasteiger partial charge in [0.05, 0.1) is 6.21 Å². The third-order valence-corrected chi connectivity index (χ3v) is 3.08. The van der Waals surface area contributed by atoms with Crippen LogP contribution in [0.2, 0.25) is 0 Å². The topological polar surface area (TPSA) is 63.6 Å². The van der Waals surface area contributed by atoms with Gasteiger partial charge in [0.15, 0.2) is 6.61 Å². The van der Waals surface area contributed by atoms with Crippen LogP contribution in [0.5, 0.6) is 5.75 Å². The molecule has 0 spiro atoms. The first kappa shape index (κ1) is 15.2. The number of carbonyl (C=O) groups is 1. The molecule has 1 N–H and O–H groups in total. The van der Waals surface area contributed by atoms with E-state index in [2.05, 4.69) is 31.4 Å². The van der Waals surface area contributed by atoms with Crippen LogP contribution in [-0.2, 0) is 4.79 Å². The lowest BCUT2D eigenvalue weighted by atomic mass is 10.2. The average molecular weight is 348 g/mol. The van der Waals surface area contributed by atoms with Gasteiger partial charge in [-0.25, -0.2) is 5.43 Å². The maximum Gasteiger partial charge on any atom is 0.277 e. The lowest BCUT2D eigenvalue weighted by molar-refractivity contribution is -0.123. The van der Waals surface area contributed by atoms with Gasteiger partial charge in [-0.2, -0.15) is 5.10 Å². The van der Waals surface area contributed by atoms with Gasteiger partial charge in [-0.15, -0.1) is 0 Å². The Hall–Kier alpha value is -2.21. The number of nitrogens with one attached hydrogen (secondary N) is 1. The molecule has 1 aromatic carbocycles. The van der Waals surface area contributed by atoms with Crippen LogP contribution in [0, 0.1) is 6.92 Å². The number of rotatable bonds is 5. The number of ether oxygens (including phenoxy) is 1. The van der Waals surface area contributed by atoms with E-state index in [0.29, 0.717) is 5.75 Å². The molecule has 2 rings (SSSR count). The second-order valence-corrected chi connectivity index (χ2v) is 5.19. The van der Waals surface area contributed by atoms with Crippen molar-refractivity contribution in [2.24, 2.45) is 5.10 Å². The number of nitrogens with zero attached hydrogens (tertiary/aromatic N) is 2. The van der Waals surface area contributed by atoms with Crippen molar-refractivity contribution in [2.75, 3.05) is 6.61 Å². The van der Waals surface area contributed by atoms with Gasteiger partial charge in [0, 0.05) is 22.4 Å². The smallest absolute Gasteiger partial charge is 0.277 e. The molecule has 6 heteroatoms. The highest BCUT2D eigenvalue weighted by atomic mass is 79.9. The van der Waals surface area contributed by atoms with E-state index in [9.17, 15) is 4.79 Å². The standard InChI is InChI=1S/C15H14BrN3O2/c1-11-7-13(16)4-5-14(11)21-10-15(20)19-18-9-12-3-2-6-17-8-12/h2-9H,10H2,1H3,(H,19,20)/b18-9+. The highest BCUT2D eigenvalue weighted by molar-refractivity contribution is 9.10. The SMILES string of the molecule is Cc1cc(Br)ccc1OCC(=O)N/N=C/c1cccnc1. The summed E-state index contributed by atoms with van der Waals surface area (Å²) >= 11 is 3.37. The summed E-state index contributed by atoms with van der Waals surface area (Å²) in [5, 5.41) is 3.84. The van der Waals surface area contributed by atoms with E-state index in [4.69, 9.17) is 4.74 Å². The summed E-state index contributed by atoms with van der Waals surface area (Å²) in [6.07, 6.45) is 4.84. The van der Waals surface area contributed by atoms with Crippen LogP contribution in [0.3, 0.4) is 0 Å². The zero-order valence-electron chi connectivity index (χ0n) is 11.4. The first-order valence-electron chi connectivity index (χ1n) is 6.26. The number of aryl methyl sites for hydroxylation is 1. The van der Waals surface area contributed by atoms with Crippen molar-refractivity contribution >= 4 is 28.1 Å². The molecule has 0 saturated carbocycles. The summed E-state index contributed by atoms with van der Waals surface area (Å²) in [6.45, 7) is 1.82. The number of aromatic nitrogens is 1. The molecular formula is C15H14BrN3O2. The normalized spacial score (nSPS) is 10.6. The summed E-state index contributed by atoms with van der Waals surface area (Å²) in [7, 11) is 0. The van der Waals surface area contributed by atoms with Gasteiger partial charge in [-0.3, -0.25) is 9.78 Å². The fraction of sp³-hybridized carbons (Fsp3) is 0.133. The fourth-order valence-electron chi connectivity index (χ4n) is 1.58. The molecule has 0 unspecified atom stereocenters. The Morgan fingerprint density at radius 2 is 2.33 bits per heavy atom. The number of hydrazone groups is 1. The molecule has 0 fully saturated rings. The minimum Gasteiger partial charge on any atom is -0.483 e. The molecule has 1 heterocycles. The van der Waals surface area contributed by atoms with E-state index in [1.165, 1.54) is 6.21 Å². The number of carbonyl (C=O) groups excluding carboxylic acids is 1. The second kappa shape index (κ2) is 7.54. The lowest BCUT2D eigenvalue weighted by Gasteiger charge is -2.08. The van der Waals surface area contributed by atoms with E-state index in [1.807, 2.05) is 31.2 Å². The van der Waals surface area contributed by atoms with Crippen LogP contribution in [0.1, 0.15) is 11.1 Å². The number of halogens is 1. The monoisotopic (exact) mass is 347 g/mol. The Balaban J connectivity index is 1.81.